The highest BCUT2D eigenvalue weighted by molar-refractivity contribution is 5.83. The molecule has 0 radical (unpaired) electrons. The normalized spacial score (nSPS) is 26.0. The third-order valence-electron chi connectivity index (χ3n) is 5.01. The third-order valence-corrected chi connectivity index (χ3v) is 5.01. The summed E-state index contributed by atoms with van der Waals surface area (Å²) in [5, 5.41) is 3.45. The summed E-state index contributed by atoms with van der Waals surface area (Å²) < 4.78 is 0. The standard InChI is InChI=1S/C18H26N2O/c1-2-16-10-4-3-7-11-20(16)18(21)17-12-14-8-5-6-9-15(14)13-19-17/h5-6,8-9,16-17,19H,2-4,7,10-13H2,1H3/t16?,17-/m0/s1. The van der Waals surface area contributed by atoms with Gasteiger partial charge in [0.15, 0.2) is 0 Å². The van der Waals surface area contributed by atoms with Crippen molar-refractivity contribution in [2.45, 2.75) is 64.1 Å². The summed E-state index contributed by atoms with van der Waals surface area (Å²) in [5.41, 5.74) is 2.67. The molecule has 3 nitrogen and oxygen atoms in total. The summed E-state index contributed by atoms with van der Waals surface area (Å²) in [6.45, 7) is 3.97. The van der Waals surface area contributed by atoms with Crippen molar-refractivity contribution in [2.75, 3.05) is 6.54 Å². The van der Waals surface area contributed by atoms with Gasteiger partial charge in [0.1, 0.15) is 0 Å². The highest BCUT2D eigenvalue weighted by Gasteiger charge is 2.31. The maximum atomic E-state index is 12.9. The molecule has 0 spiro atoms. The van der Waals surface area contributed by atoms with E-state index in [1.54, 1.807) is 0 Å². The Labute approximate surface area is 127 Å². The number of carbonyl (C=O) groups excluding carboxylic acids is 1. The van der Waals surface area contributed by atoms with Gasteiger partial charge in [-0.15, -0.1) is 0 Å². The number of carbonyl (C=O) groups is 1. The highest BCUT2D eigenvalue weighted by Crippen LogP contribution is 2.23. The zero-order chi connectivity index (χ0) is 14.7. The van der Waals surface area contributed by atoms with E-state index in [4.69, 9.17) is 0 Å². The molecule has 1 saturated heterocycles. The van der Waals surface area contributed by atoms with Crippen molar-refractivity contribution >= 4 is 5.91 Å². The lowest BCUT2D eigenvalue weighted by Gasteiger charge is -2.35. The van der Waals surface area contributed by atoms with E-state index in [1.165, 1.54) is 30.4 Å². The zero-order valence-corrected chi connectivity index (χ0v) is 13.0. The fraction of sp³-hybridized carbons (Fsp3) is 0.611. The molecule has 1 aromatic rings. The van der Waals surface area contributed by atoms with Gasteiger partial charge in [0.2, 0.25) is 5.91 Å². The van der Waals surface area contributed by atoms with Crippen molar-refractivity contribution in [3.63, 3.8) is 0 Å². The van der Waals surface area contributed by atoms with E-state index in [2.05, 4.69) is 41.4 Å². The lowest BCUT2D eigenvalue weighted by atomic mass is 9.94. The van der Waals surface area contributed by atoms with E-state index in [9.17, 15) is 4.79 Å². The summed E-state index contributed by atoms with van der Waals surface area (Å²) in [6, 6.07) is 8.88. The Hall–Kier alpha value is -1.35. The fourth-order valence-electron chi connectivity index (χ4n) is 3.72. The third kappa shape index (κ3) is 3.13. The first-order valence-corrected chi connectivity index (χ1v) is 8.40. The number of nitrogens with zero attached hydrogens (tertiary/aromatic N) is 1. The maximum absolute atomic E-state index is 12.9. The first kappa shape index (κ1) is 14.6. The van der Waals surface area contributed by atoms with Gasteiger partial charge in [0, 0.05) is 19.1 Å². The van der Waals surface area contributed by atoms with Gasteiger partial charge in [0.05, 0.1) is 6.04 Å². The van der Waals surface area contributed by atoms with Crippen LogP contribution in [0.1, 0.15) is 50.2 Å². The van der Waals surface area contributed by atoms with Crippen LogP contribution in [-0.2, 0) is 17.8 Å². The number of nitrogens with one attached hydrogen (secondary N) is 1. The van der Waals surface area contributed by atoms with Crippen molar-refractivity contribution in [1.29, 1.82) is 0 Å². The summed E-state index contributed by atoms with van der Waals surface area (Å²) in [7, 11) is 0. The molecule has 2 heterocycles. The van der Waals surface area contributed by atoms with Crippen LogP contribution >= 0.6 is 0 Å². The molecule has 2 aliphatic rings. The number of fused-ring (bicyclic) bond motifs is 1. The molecule has 2 aliphatic heterocycles. The second-order valence-corrected chi connectivity index (χ2v) is 6.35. The van der Waals surface area contributed by atoms with Crippen LogP contribution in [0.2, 0.25) is 0 Å². The Morgan fingerprint density at radius 1 is 1.24 bits per heavy atom. The van der Waals surface area contributed by atoms with Crippen LogP contribution in [-0.4, -0.2) is 29.4 Å². The van der Waals surface area contributed by atoms with Crippen LogP contribution in [0.3, 0.4) is 0 Å². The molecule has 0 aromatic heterocycles. The Morgan fingerprint density at radius 3 is 2.86 bits per heavy atom. The van der Waals surface area contributed by atoms with E-state index in [0.29, 0.717) is 11.9 Å². The number of hydrogen-bond acceptors (Lipinski definition) is 2. The van der Waals surface area contributed by atoms with Crippen molar-refractivity contribution in [2.24, 2.45) is 0 Å². The largest absolute Gasteiger partial charge is 0.338 e. The number of hydrogen-bond donors (Lipinski definition) is 1. The van der Waals surface area contributed by atoms with Gasteiger partial charge in [-0.1, -0.05) is 44.0 Å². The van der Waals surface area contributed by atoms with Gasteiger partial charge in [0.25, 0.3) is 0 Å². The maximum Gasteiger partial charge on any atom is 0.240 e. The van der Waals surface area contributed by atoms with E-state index in [1.807, 2.05) is 0 Å². The summed E-state index contributed by atoms with van der Waals surface area (Å²) >= 11 is 0. The number of likely N-dealkylation sites (tertiary alicyclic amines) is 1. The Balaban J connectivity index is 1.73. The number of amides is 1. The van der Waals surface area contributed by atoms with Crippen molar-refractivity contribution in [3.05, 3.63) is 35.4 Å². The van der Waals surface area contributed by atoms with Crippen LogP contribution in [0.15, 0.2) is 24.3 Å². The molecule has 0 saturated carbocycles. The monoisotopic (exact) mass is 286 g/mol. The predicted octanol–water partition coefficient (Wildman–Crippen LogP) is 2.88. The van der Waals surface area contributed by atoms with Gasteiger partial charge < -0.3 is 10.2 Å². The Kier molecular flexibility index (Phi) is 4.59. The minimum Gasteiger partial charge on any atom is -0.338 e. The molecule has 2 atom stereocenters. The van der Waals surface area contributed by atoms with E-state index >= 15 is 0 Å². The highest BCUT2D eigenvalue weighted by atomic mass is 16.2. The molecule has 1 N–H and O–H groups in total. The first-order valence-electron chi connectivity index (χ1n) is 8.40. The molecule has 114 valence electrons. The van der Waals surface area contributed by atoms with Crippen LogP contribution in [0, 0.1) is 0 Å². The number of benzene rings is 1. The zero-order valence-electron chi connectivity index (χ0n) is 13.0. The van der Waals surface area contributed by atoms with Crippen LogP contribution in [0.4, 0.5) is 0 Å². The first-order chi connectivity index (χ1) is 10.3. The lowest BCUT2D eigenvalue weighted by Crippen LogP contribution is -2.52. The Morgan fingerprint density at radius 2 is 2.05 bits per heavy atom. The van der Waals surface area contributed by atoms with Gasteiger partial charge in [-0.2, -0.15) is 0 Å². The van der Waals surface area contributed by atoms with Crippen molar-refractivity contribution in [1.82, 2.24) is 10.2 Å². The van der Waals surface area contributed by atoms with Gasteiger partial charge in [-0.25, -0.2) is 0 Å². The second-order valence-electron chi connectivity index (χ2n) is 6.35. The molecule has 0 aliphatic carbocycles. The molecular formula is C18H26N2O. The van der Waals surface area contributed by atoms with Crippen molar-refractivity contribution < 1.29 is 4.79 Å². The van der Waals surface area contributed by atoms with E-state index in [0.717, 1.165) is 32.4 Å². The molecule has 21 heavy (non-hydrogen) atoms. The number of rotatable bonds is 2. The smallest absolute Gasteiger partial charge is 0.240 e. The van der Waals surface area contributed by atoms with Gasteiger partial charge in [-0.05, 0) is 36.8 Å². The average Bonchev–Trinajstić information content (AvgIpc) is 2.79. The molecule has 1 amide bonds. The summed E-state index contributed by atoms with van der Waals surface area (Å²) in [5.74, 6) is 0.318. The van der Waals surface area contributed by atoms with Crippen LogP contribution in [0.5, 0.6) is 0 Å². The lowest BCUT2D eigenvalue weighted by molar-refractivity contribution is -0.136. The molecule has 1 aromatic carbocycles. The van der Waals surface area contributed by atoms with E-state index < -0.39 is 0 Å². The molecule has 0 bridgehead atoms. The van der Waals surface area contributed by atoms with Crippen LogP contribution < -0.4 is 5.32 Å². The molecule has 3 rings (SSSR count). The van der Waals surface area contributed by atoms with Crippen molar-refractivity contribution in [3.8, 4) is 0 Å². The summed E-state index contributed by atoms with van der Waals surface area (Å²) in [4.78, 5) is 15.1. The molecule has 1 fully saturated rings. The predicted molar refractivity (Wildman–Crippen MR) is 85.0 cm³/mol. The molecule has 1 unspecified atom stereocenters. The van der Waals surface area contributed by atoms with E-state index in [-0.39, 0.29) is 6.04 Å². The Bertz CT molecular complexity index is 500. The quantitative estimate of drug-likeness (QED) is 0.906. The second kappa shape index (κ2) is 6.61. The SMILES string of the molecule is CCC1CCCCCN1C(=O)[C@@H]1Cc2ccccc2CN1. The van der Waals surface area contributed by atoms with Gasteiger partial charge in [-0.3, -0.25) is 4.79 Å². The summed E-state index contributed by atoms with van der Waals surface area (Å²) in [6.07, 6.45) is 6.78. The topological polar surface area (TPSA) is 32.3 Å². The minimum atomic E-state index is -0.0351. The van der Waals surface area contributed by atoms with Crippen LogP contribution in [0.25, 0.3) is 0 Å². The average molecular weight is 286 g/mol. The van der Waals surface area contributed by atoms with Gasteiger partial charge >= 0.3 is 0 Å². The molecular weight excluding hydrogens is 260 g/mol. The minimum absolute atomic E-state index is 0.0351. The molecule has 3 heteroatoms. The fourth-order valence-corrected chi connectivity index (χ4v) is 3.72.